The van der Waals surface area contributed by atoms with Gasteiger partial charge >= 0.3 is 6.03 Å². The molecule has 0 fully saturated rings. The summed E-state index contributed by atoms with van der Waals surface area (Å²) in [6.45, 7) is 2.87. The third-order valence-electron chi connectivity index (χ3n) is 3.27. The molecule has 0 heterocycles. The molecule has 4 heteroatoms. The van der Waals surface area contributed by atoms with E-state index in [1.165, 1.54) is 0 Å². The average molecular weight is 293 g/mol. The zero-order chi connectivity index (χ0) is 15.8. The predicted octanol–water partition coefficient (Wildman–Crippen LogP) is 3.94. The number of hydrogen-bond donors (Lipinski definition) is 1. The average Bonchev–Trinajstić information content (AvgIpc) is 2.52. The normalized spacial score (nSPS) is 9.82. The second-order valence-corrected chi connectivity index (χ2v) is 5.11. The number of hydrogen-bond acceptors (Lipinski definition) is 2. The Morgan fingerprint density at radius 2 is 1.95 bits per heavy atom. The predicted molar refractivity (Wildman–Crippen MR) is 87.3 cm³/mol. The van der Waals surface area contributed by atoms with E-state index in [1.54, 1.807) is 4.90 Å². The molecule has 2 amide bonds. The SMILES string of the molecule is Cc1cccc(NC(=O)N(CCC#N)Cc2ccccc2)c1. The van der Waals surface area contributed by atoms with E-state index >= 15 is 0 Å². The maximum Gasteiger partial charge on any atom is 0.322 e. The number of amides is 2. The van der Waals surface area contributed by atoms with Crippen LogP contribution < -0.4 is 5.32 Å². The van der Waals surface area contributed by atoms with Crippen LogP contribution in [0, 0.1) is 18.3 Å². The standard InChI is InChI=1S/C18H19N3O/c1-15-7-5-10-17(13-15)20-18(22)21(12-6-11-19)14-16-8-3-2-4-9-16/h2-5,7-10,13H,6,12,14H2,1H3,(H,20,22). The lowest BCUT2D eigenvalue weighted by atomic mass is 10.2. The number of nitrogens with one attached hydrogen (secondary N) is 1. The minimum absolute atomic E-state index is 0.190. The minimum Gasteiger partial charge on any atom is -0.319 e. The van der Waals surface area contributed by atoms with E-state index in [9.17, 15) is 4.79 Å². The highest BCUT2D eigenvalue weighted by Gasteiger charge is 2.13. The van der Waals surface area contributed by atoms with E-state index in [4.69, 9.17) is 5.26 Å². The van der Waals surface area contributed by atoms with E-state index < -0.39 is 0 Å². The van der Waals surface area contributed by atoms with Crippen molar-refractivity contribution in [2.45, 2.75) is 19.9 Å². The van der Waals surface area contributed by atoms with Gasteiger partial charge in [0.25, 0.3) is 0 Å². The van der Waals surface area contributed by atoms with Crippen molar-refractivity contribution < 1.29 is 4.79 Å². The molecule has 112 valence electrons. The van der Waals surface area contributed by atoms with Crippen LogP contribution in [0.3, 0.4) is 0 Å². The summed E-state index contributed by atoms with van der Waals surface area (Å²) in [6.07, 6.45) is 0.314. The number of carbonyl (C=O) groups excluding carboxylic acids is 1. The smallest absolute Gasteiger partial charge is 0.319 e. The van der Waals surface area contributed by atoms with Gasteiger partial charge in [-0.25, -0.2) is 4.79 Å². The highest BCUT2D eigenvalue weighted by Crippen LogP contribution is 2.12. The summed E-state index contributed by atoms with van der Waals surface area (Å²) in [5.74, 6) is 0. The van der Waals surface area contributed by atoms with Crippen molar-refractivity contribution in [2.24, 2.45) is 0 Å². The van der Waals surface area contributed by atoms with Crippen LogP contribution in [0.25, 0.3) is 0 Å². The Bertz CT molecular complexity index is 662. The summed E-state index contributed by atoms with van der Waals surface area (Å²) in [5.41, 5.74) is 2.89. The molecule has 2 aromatic carbocycles. The fourth-order valence-corrected chi connectivity index (χ4v) is 2.17. The van der Waals surface area contributed by atoms with Crippen LogP contribution in [0.5, 0.6) is 0 Å². The Morgan fingerprint density at radius 1 is 1.18 bits per heavy atom. The lowest BCUT2D eigenvalue weighted by molar-refractivity contribution is 0.210. The van der Waals surface area contributed by atoms with Gasteiger partial charge in [-0.1, -0.05) is 42.5 Å². The quantitative estimate of drug-likeness (QED) is 0.907. The van der Waals surface area contributed by atoms with Gasteiger partial charge in [0.05, 0.1) is 12.5 Å². The van der Waals surface area contributed by atoms with Crippen molar-refractivity contribution in [3.63, 3.8) is 0 Å². The minimum atomic E-state index is -0.190. The molecule has 0 bridgehead atoms. The maximum absolute atomic E-state index is 12.4. The van der Waals surface area contributed by atoms with Crippen molar-refractivity contribution in [1.29, 1.82) is 5.26 Å². The molecule has 0 saturated carbocycles. The largest absolute Gasteiger partial charge is 0.322 e. The maximum atomic E-state index is 12.4. The number of urea groups is 1. The van der Waals surface area contributed by atoms with Crippen molar-refractivity contribution in [1.82, 2.24) is 4.90 Å². The van der Waals surface area contributed by atoms with E-state index in [0.29, 0.717) is 19.5 Å². The fourth-order valence-electron chi connectivity index (χ4n) is 2.17. The summed E-state index contributed by atoms with van der Waals surface area (Å²) in [7, 11) is 0. The molecule has 4 nitrogen and oxygen atoms in total. The molecule has 0 saturated heterocycles. The summed E-state index contributed by atoms with van der Waals surface area (Å²) in [6, 6.07) is 19.3. The number of rotatable bonds is 5. The van der Waals surface area contributed by atoms with Crippen molar-refractivity contribution in [3.05, 3.63) is 65.7 Å². The highest BCUT2D eigenvalue weighted by atomic mass is 16.2. The van der Waals surface area contributed by atoms with Gasteiger partial charge in [-0.3, -0.25) is 0 Å². The molecule has 0 aliphatic carbocycles. The highest BCUT2D eigenvalue weighted by molar-refractivity contribution is 5.89. The number of benzene rings is 2. The Morgan fingerprint density at radius 3 is 2.64 bits per heavy atom. The fraction of sp³-hybridized carbons (Fsp3) is 0.222. The lowest BCUT2D eigenvalue weighted by Crippen LogP contribution is -2.35. The van der Waals surface area contributed by atoms with Gasteiger partial charge < -0.3 is 10.2 Å². The second-order valence-electron chi connectivity index (χ2n) is 5.11. The third kappa shape index (κ3) is 4.64. The molecule has 0 aliphatic heterocycles. The van der Waals surface area contributed by atoms with Gasteiger partial charge in [0.2, 0.25) is 0 Å². The zero-order valence-corrected chi connectivity index (χ0v) is 12.6. The van der Waals surface area contributed by atoms with Crippen LogP contribution in [0.4, 0.5) is 10.5 Å². The van der Waals surface area contributed by atoms with Crippen molar-refractivity contribution in [3.8, 4) is 6.07 Å². The van der Waals surface area contributed by atoms with Crippen LogP contribution in [-0.2, 0) is 6.54 Å². The molecule has 0 unspecified atom stereocenters. The van der Waals surface area contributed by atoms with Gasteiger partial charge in [0, 0.05) is 18.8 Å². The van der Waals surface area contributed by atoms with Crippen LogP contribution in [-0.4, -0.2) is 17.5 Å². The number of aryl methyl sites for hydroxylation is 1. The second kappa shape index (κ2) is 7.84. The van der Waals surface area contributed by atoms with Crippen molar-refractivity contribution >= 4 is 11.7 Å². The van der Waals surface area contributed by atoms with Crippen LogP contribution in [0.15, 0.2) is 54.6 Å². The first-order valence-corrected chi connectivity index (χ1v) is 7.22. The summed E-state index contributed by atoms with van der Waals surface area (Å²) in [4.78, 5) is 14.1. The van der Waals surface area contributed by atoms with Crippen molar-refractivity contribution in [2.75, 3.05) is 11.9 Å². The van der Waals surface area contributed by atoms with Crippen LogP contribution in [0.2, 0.25) is 0 Å². The molecule has 0 spiro atoms. The number of anilines is 1. The number of nitriles is 1. The van der Waals surface area contributed by atoms with Crippen LogP contribution >= 0.6 is 0 Å². The first-order valence-electron chi connectivity index (χ1n) is 7.22. The Hall–Kier alpha value is -2.80. The molecule has 0 radical (unpaired) electrons. The van der Waals surface area contributed by atoms with Gasteiger partial charge in [0.15, 0.2) is 0 Å². The molecule has 2 rings (SSSR count). The Labute approximate surface area is 131 Å². The third-order valence-corrected chi connectivity index (χ3v) is 3.27. The van der Waals surface area contributed by atoms with E-state index in [1.807, 2.05) is 61.5 Å². The summed E-state index contributed by atoms with van der Waals surface area (Å²) >= 11 is 0. The molecule has 1 N–H and O–H groups in total. The Kier molecular flexibility index (Phi) is 5.56. The van der Waals surface area contributed by atoms with Gasteiger partial charge in [-0.05, 0) is 30.2 Å². The Balaban J connectivity index is 2.07. The number of nitrogens with zero attached hydrogens (tertiary/aromatic N) is 2. The van der Waals surface area contributed by atoms with Gasteiger partial charge in [-0.15, -0.1) is 0 Å². The van der Waals surface area contributed by atoms with E-state index in [0.717, 1.165) is 16.8 Å². The number of carbonyl (C=O) groups is 1. The zero-order valence-electron chi connectivity index (χ0n) is 12.6. The van der Waals surface area contributed by atoms with Gasteiger partial charge in [0.1, 0.15) is 0 Å². The molecule has 0 aliphatic rings. The van der Waals surface area contributed by atoms with E-state index in [-0.39, 0.29) is 6.03 Å². The monoisotopic (exact) mass is 293 g/mol. The molecular weight excluding hydrogens is 274 g/mol. The molecule has 0 atom stereocenters. The first kappa shape index (κ1) is 15.6. The lowest BCUT2D eigenvalue weighted by Gasteiger charge is -2.22. The molecule has 0 aromatic heterocycles. The van der Waals surface area contributed by atoms with Gasteiger partial charge in [-0.2, -0.15) is 5.26 Å². The first-order chi connectivity index (χ1) is 10.7. The molecule has 2 aromatic rings. The topological polar surface area (TPSA) is 56.1 Å². The summed E-state index contributed by atoms with van der Waals surface area (Å²) in [5, 5.41) is 11.7. The summed E-state index contributed by atoms with van der Waals surface area (Å²) < 4.78 is 0. The molecule has 22 heavy (non-hydrogen) atoms. The van der Waals surface area contributed by atoms with E-state index in [2.05, 4.69) is 11.4 Å². The molecular formula is C18H19N3O. The van der Waals surface area contributed by atoms with Crippen LogP contribution in [0.1, 0.15) is 17.5 Å².